The summed E-state index contributed by atoms with van der Waals surface area (Å²) < 4.78 is 0. The summed E-state index contributed by atoms with van der Waals surface area (Å²) in [6, 6.07) is 6.04. The fourth-order valence-electron chi connectivity index (χ4n) is 3.12. The molecule has 2 aliphatic heterocycles. The zero-order valence-corrected chi connectivity index (χ0v) is 12.0. The van der Waals surface area contributed by atoms with E-state index in [1.54, 1.807) is 0 Å². The van der Waals surface area contributed by atoms with Gasteiger partial charge in [-0.1, -0.05) is 12.1 Å². The van der Waals surface area contributed by atoms with Crippen LogP contribution >= 0.6 is 23.2 Å². The van der Waals surface area contributed by atoms with Crippen molar-refractivity contribution >= 4 is 34.8 Å². The Morgan fingerprint density at radius 2 is 2.00 bits per heavy atom. The normalized spacial score (nSPS) is 20.7. The van der Waals surface area contributed by atoms with Gasteiger partial charge in [0, 0.05) is 12.1 Å². The van der Waals surface area contributed by atoms with E-state index < -0.39 is 4.84 Å². The second-order valence-electron chi connectivity index (χ2n) is 5.26. The van der Waals surface area contributed by atoms with E-state index in [2.05, 4.69) is 16.7 Å². The Labute approximate surface area is 122 Å². The Bertz CT molecular complexity index is 510. The molecule has 102 valence electrons. The Kier molecular flexibility index (Phi) is 3.46. The number of fused-ring (bicyclic) bond motifs is 2. The van der Waals surface area contributed by atoms with E-state index in [9.17, 15) is 4.79 Å². The van der Waals surface area contributed by atoms with Crippen LogP contribution in [0, 0.1) is 0 Å². The summed E-state index contributed by atoms with van der Waals surface area (Å²) in [5.74, 6) is 0.134. The van der Waals surface area contributed by atoms with Gasteiger partial charge in [-0.25, -0.2) is 0 Å². The number of benzene rings is 1. The lowest BCUT2D eigenvalue weighted by molar-refractivity contribution is -0.121. The van der Waals surface area contributed by atoms with Crippen molar-refractivity contribution in [1.82, 2.24) is 5.32 Å². The SMILES string of the molecule is O=C1Nc2ccc(CC(Cl)Cl)cc2C12CCNCC2. The molecule has 0 saturated carbocycles. The summed E-state index contributed by atoms with van der Waals surface area (Å²) >= 11 is 11.7. The highest BCUT2D eigenvalue weighted by Gasteiger charge is 2.47. The molecular formula is C14H16Cl2N2O. The minimum absolute atomic E-state index is 0.134. The van der Waals surface area contributed by atoms with Crippen LogP contribution in [-0.2, 0) is 16.6 Å². The van der Waals surface area contributed by atoms with Crippen LogP contribution in [0.4, 0.5) is 5.69 Å². The number of carbonyl (C=O) groups is 1. The van der Waals surface area contributed by atoms with Gasteiger partial charge < -0.3 is 10.6 Å². The van der Waals surface area contributed by atoms with Gasteiger partial charge in [0.2, 0.25) is 5.91 Å². The summed E-state index contributed by atoms with van der Waals surface area (Å²) in [4.78, 5) is 11.9. The van der Waals surface area contributed by atoms with Crippen LogP contribution in [-0.4, -0.2) is 23.8 Å². The van der Waals surface area contributed by atoms with Crippen LogP contribution in [0.3, 0.4) is 0 Å². The fraction of sp³-hybridized carbons (Fsp3) is 0.500. The van der Waals surface area contributed by atoms with Gasteiger partial charge in [0.25, 0.3) is 0 Å². The van der Waals surface area contributed by atoms with Gasteiger partial charge in [0.1, 0.15) is 4.84 Å². The van der Waals surface area contributed by atoms with Gasteiger partial charge in [-0.3, -0.25) is 4.79 Å². The van der Waals surface area contributed by atoms with Crippen molar-refractivity contribution in [3.63, 3.8) is 0 Å². The molecule has 1 amide bonds. The second-order valence-corrected chi connectivity index (χ2v) is 6.54. The molecule has 0 atom stereocenters. The Morgan fingerprint density at radius 1 is 1.26 bits per heavy atom. The van der Waals surface area contributed by atoms with E-state index >= 15 is 0 Å². The molecule has 0 bridgehead atoms. The Balaban J connectivity index is 2.00. The molecule has 1 spiro atoms. The summed E-state index contributed by atoms with van der Waals surface area (Å²) in [5, 5.41) is 6.32. The zero-order chi connectivity index (χ0) is 13.5. The number of anilines is 1. The van der Waals surface area contributed by atoms with Crippen LogP contribution in [0.5, 0.6) is 0 Å². The van der Waals surface area contributed by atoms with Crippen molar-refractivity contribution in [1.29, 1.82) is 0 Å². The van der Waals surface area contributed by atoms with Gasteiger partial charge in [0.05, 0.1) is 5.41 Å². The topological polar surface area (TPSA) is 41.1 Å². The lowest BCUT2D eigenvalue weighted by Crippen LogP contribution is -2.44. The van der Waals surface area contributed by atoms with Crippen molar-refractivity contribution < 1.29 is 4.79 Å². The Hall–Kier alpha value is -0.770. The highest BCUT2D eigenvalue weighted by atomic mass is 35.5. The van der Waals surface area contributed by atoms with Gasteiger partial charge >= 0.3 is 0 Å². The van der Waals surface area contributed by atoms with Crippen LogP contribution in [0.15, 0.2) is 18.2 Å². The first-order valence-corrected chi connectivity index (χ1v) is 7.43. The zero-order valence-electron chi connectivity index (χ0n) is 10.5. The number of hydrogen-bond donors (Lipinski definition) is 2. The number of hydrogen-bond acceptors (Lipinski definition) is 2. The number of halogens is 2. The molecule has 0 aliphatic carbocycles. The minimum atomic E-state index is -0.410. The van der Waals surface area contributed by atoms with Gasteiger partial charge in [-0.05, 0) is 43.1 Å². The molecule has 2 heterocycles. The first-order valence-electron chi connectivity index (χ1n) is 6.55. The smallest absolute Gasteiger partial charge is 0.235 e. The van der Waals surface area contributed by atoms with E-state index in [1.165, 1.54) is 0 Å². The number of carbonyl (C=O) groups excluding carboxylic acids is 1. The van der Waals surface area contributed by atoms with E-state index in [-0.39, 0.29) is 11.3 Å². The molecule has 1 saturated heterocycles. The van der Waals surface area contributed by atoms with Crippen molar-refractivity contribution in [3.05, 3.63) is 29.3 Å². The van der Waals surface area contributed by atoms with Crippen LogP contribution < -0.4 is 10.6 Å². The van der Waals surface area contributed by atoms with E-state index in [0.717, 1.165) is 42.7 Å². The first-order chi connectivity index (χ1) is 9.12. The lowest BCUT2D eigenvalue weighted by atomic mass is 9.74. The van der Waals surface area contributed by atoms with E-state index in [0.29, 0.717) is 6.42 Å². The van der Waals surface area contributed by atoms with Gasteiger partial charge in [-0.2, -0.15) is 0 Å². The van der Waals surface area contributed by atoms with Crippen molar-refractivity contribution in [2.24, 2.45) is 0 Å². The van der Waals surface area contributed by atoms with Crippen molar-refractivity contribution in [2.75, 3.05) is 18.4 Å². The lowest BCUT2D eigenvalue weighted by Gasteiger charge is -2.32. The minimum Gasteiger partial charge on any atom is -0.325 e. The van der Waals surface area contributed by atoms with Gasteiger partial charge in [-0.15, -0.1) is 23.2 Å². The number of amides is 1. The van der Waals surface area contributed by atoms with E-state index in [4.69, 9.17) is 23.2 Å². The number of rotatable bonds is 2. The molecule has 0 unspecified atom stereocenters. The van der Waals surface area contributed by atoms with Crippen molar-refractivity contribution in [2.45, 2.75) is 29.5 Å². The molecule has 1 fully saturated rings. The highest BCUT2D eigenvalue weighted by molar-refractivity contribution is 6.44. The third kappa shape index (κ3) is 2.24. The average molecular weight is 299 g/mol. The third-order valence-electron chi connectivity index (χ3n) is 4.13. The van der Waals surface area contributed by atoms with Crippen LogP contribution in [0.2, 0.25) is 0 Å². The molecule has 2 aliphatic rings. The molecule has 19 heavy (non-hydrogen) atoms. The molecule has 0 radical (unpaired) electrons. The standard InChI is InChI=1S/C14H16Cl2N2O/c15-12(16)8-9-1-2-11-10(7-9)14(13(19)18-11)3-5-17-6-4-14/h1-2,7,12,17H,3-6,8H2,(H,18,19). The molecule has 3 nitrogen and oxygen atoms in total. The molecular weight excluding hydrogens is 283 g/mol. The molecule has 2 N–H and O–H groups in total. The average Bonchev–Trinajstić information content (AvgIpc) is 2.64. The van der Waals surface area contributed by atoms with E-state index in [1.807, 2.05) is 12.1 Å². The maximum atomic E-state index is 12.4. The quantitative estimate of drug-likeness (QED) is 0.824. The Morgan fingerprint density at radius 3 is 2.68 bits per heavy atom. The largest absolute Gasteiger partial charge is 0.325 e. The summed E-state index contributed by atoms with van der Waals surface area (Å²) in [6.45, 7) is 1.76. The molecule has 1 aromatic carbocycles. The molecule has 3 rings (SSSR count). The first kappa shape index (κ1) is 13.2. The maximum Gasteiger partial charge on any atom is 0.235 e. The molecule has 0 aromatic heterocycles. The number of alkyl halides is 2. The highest BCUT2D eigenvalue weighted by Crippen LogP contribution is 2.44. The summed E-state index contributed by atoms with van der Waals surface area (Å²) in [5.41, 5.74) is 2.79. The summed E-state index contributed by atoms with van der Waals surface area (Å²) in [6.07, 6.45) is 2.31. The molecule has 5 heteroatoms. The number of nitrogens with one attached hydrogen (secondary N) is 2. The summed E-state index contributed by atoms with van der Waals surface area (Å²) in [7, 11) is 0. The maximum absolute atomic E-state index is 12.4. The monoisotopic (exact) mass is 298 g/mol. The fourth-order valence-corrected chi connectivity index (χ4v) is 3.47. The third-order valence-corrected chi connectivity index (χ3v) is 4.44. The van der Waals surface area contributed by atoms with Crippen LogP contribution in [0.1, 0.15) is 24.0 Å². The number of piperidine rings is 1. The second kappa shape index (κ2) is 4.97. The molecule has 1 aromatic rings. The van der Waals surface area contributed by atoms with Gasteiger partial charge in [0.15, 0.2) is 0 Å². The predicted molar refractivity (Wildman–Crippen MR) is 78.1 cm³/mol. The van der Waals surface area contributed by atoms with Crippen LogP contribution in [0.25, 0.3) is 0 Å². The predicted octanol–water partition coefficient (Wildman–Crippen LogP) is 2.61. The van der Waals surface area contributed by atoms with Crippen molar-refractivity contribution in [3.8, 4) is 0 Å².